The number of rotatable bonds is 12. The minimum atomic E-state index is -3.89. The van der Waals surface area contributed by atoms with Gasteiger partial charge in [-0.2, -0.15) is 9.40 Å². The predicted octanol–water partition coefficient (Wildman–Crippen LogP) is 4.77. The first kappa shape index (κ1) is 29.1. The van der Waals surface area contributed by atoms with Crippen LogP contribution in [0.4, 0.5) is 0 Å². The Labute approximate surface area is 232 Å². The summed E-state index contributed by atoms with van der Waals surface area (Å²) in [7, 11) is -0.987. The number of hydrogen-bond donors (Lipinski definition) is 0. The normalized spacial score (nSPS) is 16.5. The van der Waals surface area contributed by atoms with Crippen molar-refractivity contribution in [2.75, 3.05) is 14.2 Å². The Balaban J connectivity index is 1.47. The van der Waals surface area contributed by atoms with Crippen molar-refractivity contribution in [2.45, 2.75) is 76.3 Å². The molecule has 0 bridgehead atoms. The summed E-state index contributed by atoms with van der Waals surface area (Å²) in [6, 6.07) is 16.3. The van der Waals surface area contributed by atoms with Gasteiger partial charge in [0.2, 0.25) is 0 Å². The van der Waals surface area contributed by atoms with Gasteiger partial charge in [0.1, 0.15) is 11.5 Å². The van der Waals surface area contributed by atoms with Crippen LogP contribution in [0.3, 0.4) is 0 Å². The molecule has 0 N–H and O–H groups in total. The minimum absolute atomic E-state index is 0.0140. The van der Waals surface area contributed by atoms with Gasteiger partial charge in [-0.1, -0.05) is 24.3 Å². The van der Waals surface area contributed by atoms with E-state index in [0.29, 0.717) is 24.4 Å². The fourth-order valence-electron chi connectivity index (χ4n) is 4.34. The van der Waals surface area contributed by atoms with Gasteiger partial charge in [-0.05, 0) is 81.9 Å². The Morgan fingerprint density at radius 3 is 1.79 bits per heavy atom. The van der Waals surface area contributed by atoms with Gasteiger partial charge in [-0.15, -0.1) is 0 Å². The lowest BCUT2D eigenvalue weighted by Gasteiger charge is -2.32. The third-order valence-corrected chi connectivity index (χ3v) is 9.07. The van der Waals surface area contributed by atoms with Crippen molar-refractivity contribution in [3.8, 4) is 11.5 Å². The Morgan fingerprint density at radius 2 is 1.33 bits per heavy atom. The maximum absolute atomic E-state index is 13.8. The summed E-state index contributed by atoms with van der Waals surface area (Å²) in [4.78, 5) is 0. The maximum Gasteiger partial charge on any atom is 0.457 e. The predicted molar refractivity (Wildman–Crippen MR) is 150 cm³/mol. The molecular formula is C28H38BN3O6S. The van der Waals surface area contributed by atoms with Crippen molar-refractivity contribution in [3.63, 3.8) is 0 Å². The van der Waals surface area contributed by atoms with Crippen molar-refractivity contribution in [2.24, 2.45) is 0 Å². The molecule has 0 amide bonds. The second-order valence-electron chi connectivity index (χ2n) is 10.7. The molecule has 1 fully saturated rings. The quantitative estimate of drug-likeness (QED) is 0.297. The summed E-state index contributed by atoms with van der Waals surface area (Å²) in [5.74, 6) is 1.42. The first-order valence-electron chi connectivity index (χ1n) is 13.1. The van der Waals surface area contributed by atoms with Gasteiger partial charge in [-0.3, -0.25) is 4.68 Å². The average molecular weight is 556 g/mol. The van der Waals surface area contributed by atoms with Crippen molar-refractivity contribution < 1.29 is 27.2 Å². The zero-order valence-electron chi connectivity index (χ0n) is 23.6. The van der Waals surface area contributed by atoms with Crippen molar-refractivity contribution in [1.29, 1.82) is 0 Å². The Bertz CT molecular complexity index is 1270. The summed E-state index contributed by atoms with van der Waals surface area (Å²) < 4.78 is 53.3. The number of sulfonamides is 1. The highest BCUT2D eigenvalue weighted by Crippen LogP contribution is 2.38. The zero-order chi connectivity index (χ0) is 28.3. The molecule has 1 saturated heterocycles. The fourth-order valence-corrected chi connectivity index (χ4v) is 5.68. The van der Waals surface area contributed by atoms with Crippen LogP contribution in [0.1, 0.15) is 45.2 Å². The molecule has 4 rings (SSSR count). The lowest BCUT2D eigenvalue weighted by molar-refractivity contribution is 0.00578. The van der Waals surface area contributed by atoms with Crippen LogP contribution in [0, 0.1) is 0 Å². The van der Waals surface area contributed by atoms with Gasteiger partial charge in [0.05, 0.1) is 25.4 Å². The monoisotopic (exact) mass is 555 g/mol. The first-order valence-corrected chi connectivity index (χ1v) is 14.5. The molecule has 210 valence electrons. The first-order chi connectivity index (χ1) is 18.4. The molecule has 9 nitrogen and oxygen atoms in total. The van der Waals surface area contributed by atoms with Gasteiger partial charge >= 0.3 is 7.12 Å². The Morgan fingerprint density at radius 1 is 0.846 bits per heavy atom. The molecule has 0 radical (unpaired) electrons. The van der Waals surface area contributed by atoms with E-state index in [4.69, 9.17) is 18.8 Å². The number of aryl methyl sites for hydroxylation is 1. The molecule has 0 atom stereocenters. The summed E-state index contributed by atoms with van der Waals surface area (Å²) in [5, 5.41) is 4.44. The smallest absolute Gasteiger partial charge is 0.457 e. The summed E-state index contributed by atoms with van der Waals surface area (Å²) in [5.41, 5.74) is 0.938. The highest BCUT2D eigenvalue weighted by Gasteiger charge is 2.50. The summed E-state index contributed by atoms with van der Waals surface area (Å²) in [6.45, 7) is 9.04. The summed E-state index contributed by atoms with van der Waals surface area (Å²) >= 11 is 0. The lowest BCUT2D eigenvalue weighted by atomic mass is 9.83. The molecule has 0 spiro atoms. The second kappa shape index (κ2) is 11.7. The molecule has 2 aromatic carbocycles. The van der Waals surface area contributed by atoms with E-state index in [-0.39, 0.29) is 36.4 Å². The average Bonchev–Trinajstić information content (AvgIpc) is 3.46. The largest absolute Gasteiger partial charge is 0.497 e. The number of hydrogen-bond acceptors (Lipinski definition) is 7. The molecule has 0 aliphatic carbocycles. The molecule has 39 heavy (non-hydrogen) atoms. The lowest BCUT2D eigenvalue weighted by Crippen LogP contribution is -2.41. The van der Waals surface area contributed by atoms with Crippen molar-refractivity contribution in [1.82, 2.24) is 14.1 Å². The topological polar surface area (TPSA) is 92.1 Å². The van der Waals surface area contributed by atoms with Gasteiger partial charge in [0.15, 0.2) is 5.03 Å². The van der Waals surface area contributed by atoms with Crippen LogP contribution in [0.5, 0.6) is 11.5 Å². The number of benzene rings is 2. The molecule has 1 aliphatic rings. The maximum atomic E-state index is 13.8. The molecule has 1 aliphatic heterocycles. The van der Waals surface area contributed by atoms with Crippen LogP contribution in [0.15, 0.2) is 65.8 Å². The molecule has 1 aromatic heterocycles. The van der Waals surface area contributed by atoms with E-state index in [9.17, 15) is 8.42 Å². The van der Waals surface area contributed by atoms with E-state index < -0.39 is 10.0 Å². The highest BCUT2D eigenvalue weighted by molar-refractivity contribution is 7.89. The minimum Gasteiger partial charge on any atom is -0.497 e. The van der Waals surface area contributed by atoms with Crippen LogP contribution >= 0.6 is 0 Å². The Hall–Kier alpha value is -2.86. The third-order valence-electron chi connectivity index (χ3n) is 7.39. The molecule has 11 heteroatoms. The van der Waals surface area contributed by atoms with E-state index >= 15 is 0 Å². The van der Waals surface area contributed by atoms with Crippen LogP contribution in [-0.2, 0) is 39.0 Å². The zero-order valence-corrected chi connectivity index (χ0v) is 24.4. The van der Waals surface area contributed by atoms with E-state index in [0.717, 1.165) is 17.5 Å². The van der Waals surface area contributed by atoms with Crippen LogP contribution in [0.25, 0.3) is 0 Å². The summed E-state index contributed by atoms with van der Waals surface area (Å²) in [6.07, 6.45) is 3.13. The van der Waals surface area contributed by atoms with E-state index in [1.54, 1.807) is 31.2 Å². The van der Waals surface area contributed by atoms with E-state index in [2.05, 4.69) is 5.10 Å². The van der Waals surface area contributed by atoms with Gasteiger partial charge in [-0.25, -0.2) is 8.42 Å². The molecule has 2 heterocycles. The van der Waals surface area contributed by atoms with Crippen LogP contribution in [-0.4, -0.2) is 55.0 Å². The fraction of sp³-hybridized carbons (Fsp3) is 0.464. The van der Waals surface area contributed by atoms with Crippen LogP contribution < -0.4 is 9.47 Å². The number of ether oxygens (including phenoxy) is 2. The highest BCUT2D eigenvalue weighted by atomic mass is 32.2. The van der Waals surface area contributed by atoms with E-state index in [1.165, 1.54) is 4.31 Å². The molecule has 0 saturated carbocycles. The standard InChI is InChI=1S/C28H38BN3O6S/c1-27(2)28(3,4)38-29(37-27)17-7-18-31-19-16-26(30-31)39(33,34)32(20-22-8-12-24(35-5)13-9-22)21-23-10-14-25(36-6)15-11-23/h8-16,19H,7,17-18,20-21H2,1-6H3. The molecule has 3 aromatic rings. The van der Waals surface area contributed by atoms with Crippen molar-refractivity contribution >= 4 is 17.1 Å². The van der Waals surface area contributed by atoms with Gasteiger partial charge in [0, 0.05) is 25.8 Å². The number of nitrogens with zero attached hydrogens (tertiary/aromatic N) is 3. The van der Waals surface area contributed by atoms with Crippen LogP contribution in [0.2, 0.25) is 6.32 Å². The van der Waals surface area contributed by atoms with Crippen molar-refractivity contribution in [3.05, 3.63) is 71.9 Å². The SMILES string of the molecule is COc1ccc(CN(Cc2ccc(OC)cc2)S(=O)(=O)c2ccn(CCCB3OC(C)(C)C(C)(C)O3)n2)cc1. The van der Waals surface area contributed by atoms with Gasteiger partial charge in [0.25, 0.3) is 10.0 Å². The number of methoxy groups -OCH3 is 2. The Kier molecular flexibility index (Phi) is 8.75. The number of aromatic nitrogens is 2. The van der Waals surface area contributed by atoms with Gasteiger partial charge < -0.3 is 18.8 Å². The molecule has 0 unspecified atom stereocenters. The third kappa shape index (κ3) is 6.84. The van der Waals surface area contributed by atoms with E-state index in [1.807, 2.05) is 76.2 Å². The molecular weight excluding hydrogens is 517 g/mol. The second-order valence-corrected chi connectivity index (χ2v) is 12.6.